The molecule has 0 aliphatic heterocycles. The third kappa shape index (κ3) is 3.35. The summed E-state index contributed by atoms with van der Waals surface area (Å²) in [5, 5.41) is 11.7. The Bertz CT molecular complexity index is 841. The number of benzene rings is 1. The van der Waals surface area contributed by atoms with Crippen molar-refractivity contribution in [2.75, 3.05) is 5.32 Å². The Hall–Kier alpha value is -2.54. The van der Waals surface area contributed by atoms with Gasteiger partial charge in [0, 0.05) is 12.7 Å². The van der Waals surface area contributed by atoms with E-state index in [2.05, 4.69) is 15.5 Å². The summed E-state index contributed by atoms with van der Waals surface area (Å²) < 4.78 is 7.19. The molecule has 0 unspecified atom stereocenters. The number of carbonyl (C=O) groups is 1. The lowest BCUT2D eigenvalue weighted by Gasteiger charge is -2.11. The molecular weight excluding hydrogens is 324 g/mol. The highest BCUT2D eigenvalue weighted by Gasteiger charge is 2.20. The fourth-order valence-electron chi connectivity index (χ4n) is 2.25. The molecule has 0 saturated carbocycles. The van der Waals surface area contributed by atoms with Crippen LogP contribution in [0.15, 0.2) is 52.2 Å². The second-order valence-corrected chi connectivity index (χ2v) is 6.68. The Morgan fingerprint density at radius 1 is 1.25 bits per heavy atom. The molecule has 2 aromatic heterocycles. The van der Waals surface area contributed by atoms with Crippen LogP contribution >= 0.6 is 11.8 Å². The first-order chi connectivity index (χ1) is 11.6. The fraction of sp³-hybridized carbons (Fsp3) is 0.235. The summed E-state index contributed by atoms with van der Waals surface area (Å²) in [6.45, 7) is 3.73. The Kier molecular flexibility index (Phi) is 4.71. The van der Waals surface area contributed by atoms with Gasteiger partial charge in [0.15, 0.2) is 11.0 Å². The first kappa shape index (κ1) is 16.3. The minimum Gasteiger partial charge on any atom is -0.469 e. The van der Waals surface area contributed by atoms with E-state index in [4.69, 9.17) is 4.42 Å². The quantitative estimate of drug-likeness (QED) is 0.718. The molecule has 1 aromatic carbocycles. The van der Waals surface area contributed by atoms with Crippen molar-refractivity contribution in [3.8, 4) is 11.4 Å². The molecule has 3 rings (SSSR count). The van der Waals surface area contributed by atoms with Gasteiger partial charge in [-0.05, 0) is 32.0 Å². The van der Waals surface area contributed by atoms with E-state index in [0.717, 1.165) is 22.8 Å². The zero-order chi connectivity index (χ0) is 17.1. The number of aromatic nitrogens is 3. The second kappa shape index (κ2) is 6.92. The van der Waals surface area contributed by atoms with Crippen molar-refractivity contribution >= 4 is 23.4 Å². The molecule has 0 aliphatic rings. The zero-order valence-corrected chi connectivity index (χ0v) is 14.5. The maximum atomic E-state index is 12.3. The van der Waals surface area contributed by atoms with Gasteiger partial charge >= 0.3 is 0 Å². The zero-order valence-electron chi connectivity index (χ0n) is 13.7. The number of anilines is 1. The summed E-state index contributed by atoms with van der Waals surface area (Å²) >= 11 is 1.37. The van der Waals surface area contributed by atoms with Crippen LogP contribution in [0.1, 0.15) is 12.7 Å². The number of rotatable bonds is 5. The molecule has 0 bridgehead atoms. The lowest BCUT2D eigenvalue weighted by molar-refractivity contribution is -0.115. The highest BCUT2D eigenvalue weighted by molar-refractivity contribution is 8.00. The first-order valence-corrected chi connectivity index (χ1v) is 8.40. The Balaban J connectivity index is 1.71. The standard InChI is InChI=1S/C17H18N4O2S/c1-11-14(9-10-23-11)15-19-20-17(21(15)3)24-12(2)16(22)18-13-7-5-4-6-8-13/h4-10,12H,1-3H3,(H,18,22)/t12-/m0/s1. The largest absolute Gasteiger partial charge is 0.469 e. The maximum Gasteiger partial charge on any atom is 0.237 e. The number of thioether (sulfide) groups is 1. The van der Waals surface area contributed by atoms with Crippen LogP contribution in [0.4, 0.5) is 5.69 Å². The van der Waals surface area contributed by atoms with E-state index in [1.165, 1.54) is 11.8 Å². The van der Waals surface area contributed by atoms with Crippen molar-refractivity contribution in [2.24, 2.45) is 7.05 Å². The lowest BCUT2D eigenvalue weighted by Crippen LogP contribution is -2.22. The van der Waals surface area contributed by atoms with Crippen LogP contribution in [0.25, 0.3) is 11.4 Å². The third-order valence-electron chi connectivity index (χ3n) is 3.63. The van der Waals surface area contributed by atoms with E-state index in [-0.39, 0.29) is 11.2 Å². The maximum absolute atomic E-state index is 12.3. The Morgan fingerprint density at radius 3 is 2.67 bits per heavy atom. The van der Waals surface area contributed by atoms with Crippen LogP contribution in [-0.2, 0) is 11.8 Å². The summed E-state index contributed by atoms with van der Waals surface area (Å²) in [7, 11) is 1.88. The molecule has 3 aromatic rings. The predicted octanol–water partition coefficient (Wildman–Crippen LogP) is 3.50. The van der Waals surface area contributed by atoms with Crippen molar-refractivity contribution < 1.29 is 9.21 Å². The fourth-order valence-corrected chi connectivity index (χ4v) is 3.06. The summed E-state index contributed by atoms with van der Waals surface area (Å²) in [6, 6.07) is 11.3. The van der Waals surface area contributed by atoms with E-state index in [1.54, 1.807) is 6.26 Å². The molecule has 0 spiro atoms. The van der Waals surface area contributed by atoms with Crippen molar-refractivity contribution in [3.63, 3.8) is 0 Å². The summed E-state index contributed by atoms with van der Waals surface area (Å²) in [5.74, 6) is 1.44. The topological polar surface area (TPSA) is 72.9 Å². The summed E-state index contributed by atoms with van der Waals surface area (Å²) in [4.78, 5) is 12.3. The Labute approximate surface area is 144 Å². The number of hydrogen-bond donors (Lipinski definition) is 1. The van der Waals surface area contributed by atoms with Gasteiger partial charge in [-0.3, -0.25) is 4.79 Å². The number of para-hydroxylation sites is 1. The third-order valence-corrected chi connectivity index (χ3v) is 4.76. The number of nitrogens with one attached hydrogen (secondary N) is 1. The van der Waals surface area contributed by atoms with E-state index >= 15 is 0 Å². The van der Waals surface area contributed by atoms with E-state index < -0.39 is 0 Å². The lowest BCUT2D eigenvalue weighted by atomic mass is 10.2. The highest BCUT2D eigenvalue weighted by Crippen LogP contribution is 2.28. The van der Waals surface area contributed by atoms with Crippen LogP contribution < -0.4 is 5.32 Å². The average molecular weight is 342 g/mol. The van der Waals surface area contributed by atoms with Crippen LogP contribution in [0.2, 0.25) is 0 Å². The molecule has 124 valence electrons. The summed E-state index contributed by atoms with van der Waals surface area (Å²) in [5.41, 5.74) is 1.68. The first-order valence-electron chi connectivity index (χ1n) is 7.52. The minimum atomic E-state index is -0.300. The van der Waals surface area contributed by atoms with Crippen LogP contribution in [-0.4, -0.2) is 25.9 Å². The van der Waals surface area contributed by atoms with Gasteiger partial charge in [0.05, 0.1) is 17.1 Å². The van der Waals surface area contributed by atoms with Crippen molar-refractivity contribution in [1.29, 1.82) is 0 Å². The highest BCUT2D eigenvalue weighted by atomic mass is 32.2. The number of aryl methyl sites for hydroxylation is 1. The summed E-state index contributed by atoms with van der Waals surface area (Å²) in [6.07, 6.45) is 1.63. The van der Waals surface area contributed by atoms with E-state index in [1.807, 2.05) is 61.9 Å². The van der Waals surface area contributed by atoms with Gasteiger partial charge in [-0.1, -0.05) is 30.0 Å². The van der Waals surface area contributed by atoms with Crippen molar-refractivity contribution in [3.05, 3.63) is 48.4 Å². The SMILES string of the molecule is Cc1occc1-c1nnc(S[C@@H](C)C(=O)Nc2ccccc2)n1C. The van der Waals surface area contributed by atoms with Gasteiger partial charge in [-0.15, -0.1) is 10.2 Å². The minimum absolute atomic E-state index is 0.0739. The number of furan rings is 1. The molecular formula is C17H18N4O2S. The molecule has 24 heavy (non-hydrogen) atoms. The molecule has 1 N–H and O–H groups in total. The van der Waals surface area contributed by atoms with Gasteiger partial charge in [0.1, 0.15) is 5.76 Å². The number of amides is 1. The molecule has 1 atom stereocenters. The molecule has 2 heterocycles. The molecule has 0 radical (unpaired) electrons. The van der Waals surface area contributed by atoms with Gasteiger partial charge < -0.3 is 14.3 Å². The molecule has 0 fully saturated rings. The molecule has 1 amide bonds. The molecule has 7 heteroatoms. The van der Waals surface area contributed by atoms with Gasteiger partial charge in [0.2, 0.25) is 5.91 Å². The van der Waals surface area contributed by atoms with Gasteiger partial charge in [-0.25, -0.2) is 0 Å². The predicted molar refractivity (Wildman–Crippen MR) is 93.8 cm³/mol. The monoisotopic (exact) mass is 342 g/mol. The second-order valence-electron chi connectivity index (χ2n) is 5.37. The van der Waals surface area contributed by atoms with Crippen LogP contribution in [0, 0.1) is 6.92 Å². The average Bonchev–Trinajstić information content (AvgIpc) is 3.14. The smallest absolute Gasteiger partial charge is 0.237 e. The van der Waals surface area contributed by atoms with Crippen molar-refractivity contribution in [1.82, 2.24) is 14.8 Å². The van der Waals surface area contributed by atoms with Gasteiger partial charge in [-0.2, -0.15) is 0 Å². The number of hydrogen-bond acceptors (Lipinski definition) is 5. The van der Waals surface area contributed by atoms with Gasteiger partial charge in [0.25, 0.3) is 0 Å². The van der Waals surface area contributed by atoms with E-state index in [0.29, 0.717) is 5.16 Å². The molecule has 6 nitrogen and oxygen atoms in total. The Morgan fingerprint density at radius 2 is 2.00 bits per heavy atom. The number of carbonyl (C=O) groups excluding carboxylic acids is 1. The van der Waals surface area contributed by atoms with Crippen LogP contribution in [0.5, 0.6) is 0 Å². The van der Waals surface area contributed by atoms with E-state index in [9.17, 15) is 4.79 Å². The van der Waals surface area contributed by atoms with Crippen molar-refractivity contribution in [2.45, 2.75) is 24.3 Å². The molecule has 0 aliphatic carbocycles. The normalized spacial score (nSPS) is 12.1. The number of nitrogens with zero attached hydrogens (tertiary/aromatic N) is 3. The van der Waals surface area contributed by atoms with Crippen LogP contribution in [0.3, 0.4) is 0 Å². The molecule has 0 saturated heterocycles.